The van der Waals surface area contributed by atoms with E-state index in [0.717, 1.165) is 5.69 Å². The molecular weight excluding hydrogens is 456 g/mol. The Hall–Kier alpha value is -3.36. The number of ether oxygens (including phenoxy) is 2. The monoisotopic (exact) mass is 475 g/mol. The van der Waals surface area contributed by atoms with Crippen LogP contribution in [0.25, 0.3) is 10.9 Å². The van der Waals surface area contributed by atoms with Crippen LogP contribution in [0.3, 0.4) is 0 Å². The summed E-state index contributed by atoms with van der Waals surface area (Å²) in [6, 6.07) is 11.7. The third kappa shape index (κ3) is 5.46. The maximum absolute atomic E-state index is 14.2. The zero-order chi connectivity index (χ0) is 21.6. The van der Waals surface area contributed by atoms with Crippen molar-refractivity contribution < 1.29 is 13.9 Å². The summed E-state index contributed by atoms with van der Waals surface area (Å²) in [6.45, 7) is 1.01. The van der Waals surface area contributed by atoms with E-state index in [2.05, 4.69) is 25.6 Å². The van der Waals surface area contributed by atoms with Crippen LogP contribution in [0.1, 0.15) is 0 Å². The third-order valence-corrected chi connectivity index (χ3v) is 4.71. The summed E-state index contributed by atoms with van der Waals surface area (Å²) >= 11 is 5.83. The topological polar surface area (TPSA) is 81.2 Å². The molecular formula is C22H20Cl2FN5O2. The molecule has 2 heterocycles. The average Bonchev–Trinajstić information content (AvgIpc) is 2.79. The van der Waals surface area contributed by atoms with Crippen molar-refractivity contribution in [1.82, 2.24) is 15.0 Å². The molecule has 166 valence electrons. The highest BCUT2D eigenvalue weighted by Crippen LogP contribution is 2.35. The fourth-order valence-corrected chi connectivity index (χ4v) is 3.14. The predicted octanol–water partition coefficient (Wildman–Crippen LogP) is 5.48. The molecule has 0 bridgehead atoms. The summed E-state index contributed by atoms with van der Waals surface area (Å²) in [5, 5.41) is 7.22. The van der Waals surface area contributed by atoms with Gasteiger partial charge < -0.3 is 20.1 Å². The van der Waals surface area contributed by atoms with Gasteiger partial charge in [0.25, 0.3) is 0 Å². The molecule has 0 spiro atoms. The molecule has 7 nitrogen and oxygen atoms in total. The molecule has 4 aromatic rings. The van der Waals surface area contributed by atoms with E-state index in [1.54, 1.807) is 43.8 Å². The fraction of sp³-hybridized carbons (Fsp3) is 0.136. The van der Waals surface area contributed by atoms with Crippen molar-refractivity contribution in [1.29, 1.82) is 0 Å². The van der Waals surface area contributed by atoms with E-state index in [-0.39, 0.29) is 18.1 Å². The van der Waals surface area contributed by atoms with Crippen LogP contribution >= 0.6 is 24.0 Å². The van der Waals surface area contributed by atoms with Crippen molar-refractivity contribution in [3.8, 4) is 11.5 Å². The predicted molar refractivity (Wildman–Crippen MR) is 126 cm³/mol. The minimum Gasteiger partial charge on any atom is -0.493 e. The highest BCUT2D eigenvalue weighted by atomic mass is 35.5. The molecule has 2 N–H and O–H groups in total. The Morgan fingerprint density at radius 2 is 1.84 bits per heavy atom. The van der Waals surface area contributed by atoms with Crippen molar-refractivity contribution >= 4 is 52.1 Å². The van der Waals surface area contributed by atoms with Crippen LogP contribution in [-0.2, 0) is 0 Å². The average molecular weight is 476 g/mol. The molecule has 0 aliphatic carbocycles. The van der Waals surface area contributed by atoms with Gasteiger partial charge in [-0.3, -0.25) is 4.98 Å². The van der Waals surface area contributed by atoms with Gasteiger partial charge in [0.05, 0.1) is 18.3 Å². The highest BCUT2D eigenvalue weighted by Gasteiger charge is 2.13. The third-order valence-electron chi connectivity index (χ3n) is 4.47. The SMILES string of the molecule is COc1cc2c(Nc3ccc(Cl)cc3F)ncnc2cc1OCCNc1ccncc1.Cl. The quantitative estimate of drug-likeness (QED) is 0.326. The number of anilines is 3. The van der Waals surface area contributed by atoms with E-state index in [1.165, 1.54) is 12.4 Å². The second-order valence-electron chi connectivity index (χ2n) is 6.50. The second kappa shape index (κ2) is 10.8. The Morgan fingerprint density at radius 1 is 1.03 bits per heavy atom. The molecule has 4 rings (SSSR count). The molecule has 32 heavy (non-hydrogen) atoms. The summed E-state index contributed by atoms with van der Waals surface area (Å²) in [4.78, 5) is 12.5. The first kappa shape index (κ1) is 23.3. The van der Waals surface area contributed by atoms with Crippen LogP contribution in [-0.4, -0.2) is 35.2 Å². The molecule has 0 amide bonds. The molecule has 0 aliphatic rings. The van der Waals surface area contributed by atoms with Gasteiger partial charge in [0, 0.05) is 41.1 Å². The van der Waals surface area contributed by atoms with Crippen molar-refractivity contribution in [2.45, 2.75) is 0 Å². The second-order valence-corrected chi connectivity index (χ2v) is 6.94. The highest BCUT2D eigenvalue weighted by molar-refractivity contribution is 6.30. The first-order chi connectivity index (χ1) is 15.1. The van der Waals surface area contributed by atoms with Gasteiger partial charge >= 0.3 is 0 Å². The Kier molecular flexibility index (Phi) is 7.86. The number of pyridine rings is 1. The van der Waals surface area contributed by atoms with Crippen molar-refractivity contribution in [3.05, 3.63) is 72.0 Å². The molecule has 0 saturated carbocycles. The molecule has 0 fully saturated rings. The van der Waals surface area contributed by atoms with Crippen molar-refractivity contribution in [2.24, 2.45) is 0 Å². The lowest BCUT2D eigenvalue weighted by Gasteiger charge is -2.14. The van der Waals surface area contributed by atoms with Crippen molar-refractivity contribution in [2.75, 3.05) is 30.9 Å². The number of aromatic nitrogens is 3. The van der Waals surface area contributed by atoms with Crippen LogP contribution in [0, 0.1) is 5.82 Å². The number of hydrogen-bond donors (Lipinski definition) is 2. The normalized spacial score (nSPS) is 10.3. The summed E-state index contributed by atoms with van der Waals surface area (Å²) in [5.74, 6) is 1.03. The molecule has 0 unspecified atom stereocenters. The number of nitrogens with one attached hydrogen (secondary N) is 2. The maximum Gasteiger partial charge on any atom is 0.163 e. The summed E-state index contributed by atoms with van der Waals surface area (Å²) in [5.41, 5.74) is 1.85. The number of halogens is 3. The molecule has 10 heteroatoms. The van der Waals surface area contributed by atoms with Gasteiger partial charge in [-0.05, 0) is 36.4 Å². The Balaban J connectivity index is 0.00000289. The minimum atomic E-state index is -0.479. The Morgan fingerprint density at radius 3 is 2.59 bits per heavy atom. The van der Waals surface area contributed by atoms with Crippen LogP contribution in [0.4, 0.5) is 21.6 Å². The number of benzene rings is 2. The van der Waals surface area contributed by atoms with E-state index in [1.807, 2.05) is 12.1 Å². The van der Waals surface area contributed by atoms with Gasteiger partial charge in [-0.1, -0.05) is 11.6 Å². The number of methoxy groups -OCH3 is 1. The first-order valence-corrected chi connectivity index (χ1v) is 9.83. The van der Waals surface area contributed by atoms with Crippen LogP contribution in [0.5, 0.6) is 11.5 Å². The van der Waals surface area contributed by atoms with Crippen LogP contribution < -0.4 is 20.1 Å². The van der Waals surface area contributed by atoms with Crippen LogP contribution in [0.2, 0.25) is 5.02 Å². The van der Waals surface area contributed by atoms with Gasteiger partial charge in [0.2, 0.25) is 0 Å². The fourth-order valence-electron chi connectivity index (χ4n) is 2.98. The van der Waals surface area contributed by atoms with Gasteiger partial charge in [-0.2, -0.15) is 0 Å². The maximum atomic E-state index is 14.2. The molecule has 0 aliphatic heterocycles. The number of rotatable bonds is 8. The van der Waals surface area contributed by atoms with Gasteiger partial charge in [-0.25, -0.2) is 14.4 Å². The summed E-state index contributed by atoms with van der Waals surface area (Å²) < 4.78 is 25.6. The zero-order valence-corrected chi connectivity index (χ0v) is 18.6. The lowest BCUT2D eigenvalue weighted by atomic mass is 10.2. The van der Waals surface area contributed by atoms with Gasteiger partial charge in [0.1, 0.15) is 24.6 Å². The van der Waals surface area contributed by atoms with Crippen LogP contribution in [0.15, 0.2) is 61.2 Å². The van der Waals surface area contributed by atoms with E-state index >= 15 is 0 Å². The van der Waals surface area contributed by atoms with E-state index in [4.69, 9.17) is 21.1 Å². The molecule has 0 atom stereocenters. The van der Waals surface area contributed by atoms with Crippen molar-refractivity contribution in [3.63, 3.8) is 0 Å². The zero-order valence-electron chi connectivity index (χ0n) is 17.0. The number of hydrogen-bond acceptors (Lipinski definition) is 7. The smallest absolute Gasteiger partial charge is 0.163 e. The van der Waals surface area contributed by atoms with Gasteiger partial charge in [0.15, 0.2) is 11.5 Å². The van der Waals surface area contributed by atoms with E-state index < -0.39 is 5.82 Å². The Labute approximate surface area is 195 Å². The lowest BCUT2D eigenvalue weighted by Crippen LogP contribution is -2.12. The molecule has 0 radical (unpaired) electrons. The Bertz CT molecular complexity index is 1200. The molecule has 2 aromatic heterocycles. The molecule has 0 saturated heterocycles. The molecule has 2 aromatic carbocycles. The summed E-state index contributed by atoms with van der Waals surface area (Å²) in [6.07, 6.45) is 4.84. The summed E-state index contributed by atoms with van der Waals surface area (Å²) in [7, 11) is 1.55. The number of nitrogens with zero attached hydrogens (tertiary/aromatic N) is 3. The lowest BCUT2D eigenvalue weighted by molar-refractivity contribution is 0.306. The standard InChI is InChI=1S/C22H19ClFN5O2.ClH/c1-30-20-11-16-19(12-21(20)31-9-8-26-15-4-6-25-7-5-15)27-13-28-22(16)29-18-3-2-14(23)10-17(18)24;/h2-7,10-13H,8-9H2,1H3,(H,25,26)(H,27,28,29);1H. The number of fused-ring (bicyclic) bond motifs is 1. The van der Waals surface area contributed by atoms with Gasteiger partial charge in [-0.15, -0.1) is 12.4 Å². The minimum absolute atomic E-state index is 0. The first-order valence-electron chi connectivity index (χ1n) is 9.45. The van der Waals surface area contributed by atoms with E-state index in [9.17, 15) is 4.39 Å². The largest absolute Gasteiger partial charge is 0.493 e. The van der Waals surface area contributed by atoms with E-state index in [0.29, 0.717) is 46.4 Å².